The Morgan fingerprint density at radius 2 is 2.12 bits per heavy atom. The van der Waals surface area contributed by atoms with E-state index in [1.807, 2.05) is 0 Å². The molecule has 1 aliphatic rings. The highest BCUT2D eigenvalue weighted by Crippen LogP contribution is 2.41. The second-order valence-electron chi connectivity index (χ2n) is 4.29. The van der Waals surface area contributed by atoms with Crippen molar-refractivity contribution in [3.8, 4) is 0 Å². The molecule has 0 bridgehead atoms. The first kappa shape index (κ1) is 12.9. The van der Waals surface area contributed by atoms with Crippen LogP contribution >= 0.6 is 15.9 Å². The SMILES string of the molecule is Fc1ccc(Br)cc1C(F)(F)C1CCCNC1. The zero-order valence-electron chi connectivity index (χ0n) is 9.15. The third-order valence-electron chi connectivity index (χ3n) is 3.10. The van der Waals surface area contributed by atoms with Gasteiger partial charge in [-0.3, -0.25) is 0 Å². The number of alkyl halides is 2. The maximum Gasteiger partial charge on any atom is 0.280 e. The van der Waals surface area contributed by atoms with Crippen LogP contribution in [0.15, 0.2) is 22.7 Å². The van der Waals surface area contributed by atoms with Crippen LogP contribution in [0.5, 0.6) is 0 Å². The van der Waals surface area contributed by atoms with E-state index in [1.54, 1.807) is 0 Å². The molecule has 0 aliphatic carbocycles. The number of rotatable bonds is 2. The van der Waals surface area contributed by atoms with Gasteiger partial charge in [0.15, 0.2) is 0 Å². The molecule has 1 aromatic carbocycles. The van der Waals surface area contributed by atoms with E-state index in [9.17, 15) is 13.2 Å². The largest absolute Gasteiger partial charge is 0.316 e. The predicted octanol–water partition coefficient (Wildman–Crippen LogP) is 3.68. The fraction of sp³-hybridized carbons (Fsp3) is 0.500. The summed E-state index contributed by atoms with van der Waals surface area (Å²) in [5, 5.41) is 2.93. The molecular weight excluding hydrogens is 295 g/mol. The van der Waals surface area contributed by atoms with Gasteiger partial charge in [0.25, 0.3) is 5.92 Å². The molecule has 1 saturated heterocycles. The van der Waals surface area contributed by atoms with Crippen LogP contribution in [0.1, 0.15) is 18.4 Å². The molecule has 1 atom stereocenters. The topological polar surface area (TPSA) is 12.0 Å². The Hall–Kier alpha value is -0.550. The Balaban J connectivity index is 2.32. The third-order valence-corrected chi connectivity index (χ3v) is 3.59. The molecule has 0 saturated carbocycles. The number of nitrogens with one attached hydrogen (secondary N) is 1. The number of halogens is 4. The van der Waals surface area contributed by atoms with E-state index in [4.69, 9.17) is 0 Å². The summed E-state index contributed by atoms with van der Waals surface area (Å²) in [7, 11) is 0. The van der Waals surface area contributed by atoms with E-state index in [0.29, 0.717) is 17.3 Å². The molecular formula is C12H13BrF3N. The second kappa shape index (κ2) is 4.98. The van der Waals surface area contributed by atoms with Gasteiger partial charge < -0.3 is 5.32 Å². The van der Waals surface area contributed by atoms with Crippen molar-refractivity contribution in [2.24, 2.45) is 5.92 Å². The molecule has 0 aromatic heterocycles. The van der Waals surface area contributed by atoms with Gasteiger partial charge in [-0.2, -0.15) is 0 Å². The zero-order valence-corrected chi connectivity index (χ0v) is 10.7. The minimum atomic E-state index is -3.12. The first-order chi connectivity index (χ1) is 8.01. The Kier molecular flexibility index (Phi) is 3.78. The molecule has 1 N–H and O–H groups in total. The van der Waals surface area contributed by atoms with Crippen molar-refractivity contribution in [2.75, 3.05) is 13.1 Å². The quantitative estimate of drug-likeness (QED) is 0.879. The van der Waals surface area contributed by atoms with Crippen LogP contribution in [0.25, 0.3) is 0 Å². The molecule has 2 rings (SSSR count). The van der Waals surface area contributed by atoms with E-state index < -0.39 is 23.2 Å². The van der Waals surface area contributed by atoms with Crippen LogP contribution in [-0.2, 0) is 5.92 Å². The summed E-state index contributed by atoms with van der Waals surface area (Å²) in [5.74, 6) is -4.80. The molecule has 1 heterocycles. The summed E-state index contributed by atoms with van der Waals surface area (Å²) in [4.78, 5) is 0. The first-order valence-electron chi connectivity index (χ1n) is 5.56. The van der Waals surface area contributed by atoms with Crippen LogP contribution in [-0.4, -0.2) is 13.1 Å². The molecule has 94 valence electrons. The molecule has 1 fully saturated rings. The average molecular weight is 308 g/mol. The molecule has 1 aromatic rings. The monoisotopic (exact) mass is 307 g/mol. The highest BCUT2D eigenvalue weighted by Gasteiger charge is 2.43. The van der Waals surface area contributed by atoms with E-state index in [2.05, 4.69) is 21.2 Å². The smallest absolute Gasteiger partial charge is 0.280 e. The summed E-state index contributed by atoms with van der Waals surface area (Å²) in [6, 6.07) is 3.67. The summed E-state index contributed by atoms with van der Waals surface area (Å²) in [6.07, 6.45) is 1.13. The summed E-state index contributed by atoms with van der Waals surface area (Å²) < 4.78 is 42.3. The molecule has 1 aliphatic heterocycles. The molecule has 0 amide bonds. The van der Waals surface area contributed by atoms with Crippen LogP contribution in [0, 0.1) is 11.7 Å². The lowest BCUT2D eigenvalue weighted by atomic mass is 9.88. The fourth-order valence-electron chi connectivity index (χ4n) is 2.13. The summed E-state index contributed by atoms with van der Waals surface area (Å²) in [6.45, 7) is 0.993. The van der Waals surface area contributed by atoms with Crippen LogP contribution in [0.4, 0.5) is 13.2 Å². The minimum Gasteiger partial charge on any atom is -0.316 e. The maximum absolute atomic E-state index is 14.2. The van der Waals surface area contributed by atoms with Crippen molar-refractivity contribution >= 4 is 15.9 Å². The van der Waals surface area contributed by atoms with E-state index in [-0.39, 0.29) is 6.54 Å². The van der Waals surface area contributed by atoms with Gasteiger partial charge >= 0.3 is 0 Å². The van der Waals surface area contributed by atoms with Crippen LogP contribution < -0.4 is 5.32 Å². The van der Waals surface area contributed by atoms with Gasteiger partial charge in [0.2, 0.25) is 0 Å². The third kappa shape index (κ3) is 2.65. The Morgan fingerprint density at radius 1 is 1.35 bits per heavy atom. The van der Waals surface area contributed by atoms with Gasteiger partial charge in [-0.1, -0.05) is 15.9 Å². The van der Waals surface area contributed by atoms with Crippen molar-refractivity contribution in [1.82, 2.24) is 5.32 Å². The lowest BCUT2D eigenvalue weighted by Crippen LogP contribution is -2.39. The number of hydrogen-bond donors (Lipinski definition) is 1. The van der Waals surface area contributed by atoms with E-state index in [0.717, 1.165) is 12.6 Å². The van der Waals surface area contributed by atoms with Crippen molar-refractivity contribution in [2.45, 2.75) is 18.8 Å². The Morgan fingerprint density at radius 3 is 2.76 bits per heavy atom. The standard InChI is InChI=1S/C12H13BrF3N/c13-9-3-4-11(14)10(6-9)12(15,16)8-2-1-5-17-7-8/h3-4,6,8,17H,1-2,5,7H2. The molecule has 17 heavy (non-hydrogen) atoms. The fourth-order valence-corrected chi connectivity index (χ4v) is 2.50. The molecule has 1 unspecified atom stereocenters. The van der Waals surface area contributed by atoms with Crippen molar-refractivity contribution in [1.29, 1.82) is 0 Å². The second-order valence-corrected chi connectivity index (χ2v) is 5.21. The summed E-state index contributed by atoms with van der Waals surface area (Å²) in [5.41, 5.74) is -0.513. The van der Waals surface area contributed by atoms with Crippen LogP contribution in [0.3, 0.4) is 0 Å². The van der Waals surface area contributed by atoms with Gasteiger partial charge in [-0.05, 0) is 37.6 Å². The molecule has 5 heteroatoms. The normalized spacial score (nSPS) is 21.5. The lowest BCUT2D eigenvalue weighted by molar-refractivity contribution is -0.0751. The molecule has 1 nitrogen and oxygen atoms in total. The zero-order chi connectivity index (χ0) is 12.5. The molecule has 0 radical (unpaired) electrons. The van der Waals surface area contributed by atoms with E-state index >= 15 is 0 Å². The van der Waals surface area contributed by atoms with Gasteiger partial charge in [0.05, 0.1) is 5.56 Å². The van der Waals surface area contributed by atoms with Gasteiger partial charge in [0.1, 0.15) is 5.82 Å². The minimum absolute atomic E-state index is 0.235. The Labute approximate surface area is 107 Å². The lowest BCUT2D eigenvalue weighted by Gasteiger charge is -2.31. The summed E-state index contributed by atoms with van der Waals surface area (Å²) >= 11 is 3.10. The van der Waals surface area contributed by atoms with Gasteiger partial charge in [0, 0.05) is 16.9 Å². The Bertz CT molecular complexity index is 403. The van der Waals surface area contributed by atoms with Gasteiger partial charge in [-0.15, -0.1) is 0 Å². The van der Waals surface area contributed by atoms with Crippen molar-refractivity contribution < 1.29 is 13.2 Å². The maximum atomic E-state index is 14.2. The van der Waals surface area contributed by atoms with E-state index in [1.165, 1.54) is 12.1 Å². The number of hydrogen-bond acceptors (Lipinski definition) is 1. The highest BCUT2D eigenvalue weighted by molar-refractivity contribution is 9.10. The van der Waals surface area contributed by atoms with Crippen molar-refractivity contribution in [3.05, 3.63) is 34.1 Å². The average Bonchev–Trinajstić information content (AvgIpc) is 2.33. The highest BCUT2D eigenvalue weighted by atomic mass is 79.9. The molecule has 0 spiro atoms. The predicted molar refractivity (Wildman–Crippen MR) is 63.6 cm³/mol. The van der Waals surface area contributed by atoms with Gasteiger partial charge in [-0.25, -0.2) is 13.2 Å². The van der Waals surface area contributed by atoms with Crippen LogP contribution in [0.2, 0.25) is 0 Å². The van der Waals surface area contributed by atoms with Crippen molar-refractivity contribution in [3.63, 3.8) is 0 Å². The number of benzene rings is 1. The number of piperidine rings is 1. The first-order valence-corrected chi connectivity index (χ1v) is 6.35.